The number of benzene rings is 2. The lowest BCUT2D eigenvalue weighted by atomic mass is 10.2. The van der Waals surface area contributed by atoms with E-state index in [1.165, 1.54) is 17.8 Å². The lowest BCUT2D eigenvalue weighted by molar-refractivity contribution is 0.628. The maximum absolute atomic E-state index is 13.1. The summed E-state index contributed by atoms with van der Waals surface area (Å²) in [5, 5.41) is 3.23. The highest BCUT2D eigenvalue weighted by atomic mass is 19.1. The fourth-order valence-corrected chi connectivity index (χ4v) is 3.24. The van der Waals surface area contributed by atoms with E-state index in [2.05, 4.69) is 49.4 Å². The predicted octanol–water partition coefficient (Wildman–Crippen LogP) is 3.99. The Kier molecular flexibility index (Phi) is 4.87. The van der Waals surface area contributed by atoms with Gasteiger partial charge in [0.15, 0.2) is 0 Å². The van der Waals surface area contributed by atoms with Crippen LogP contribution in [-0.2, 0) is 0 Å². The molecule has 27 heavy (non-hydrogen) atoms. The first-order chi connectivity index (χ1) is 13.2. The predicted molar refractivity (Wildman–Crippen MR) is 107 cm³/mol. The van der Waals surface area contributed by atoms with Crippen molar-refractivity contribution in [1.29, 1.82) is 0 Å². The molecule has 4 rings (SSSR count). The first-order valence-corrected chi connectivity index (χ1v) is 9.10. The van der Waals surface area contributed by atoms with E-state index >= 15 is 0 Å². The minimum absolute atomic E-state index is 0.253. The van der Waals surface area contributed by atoms with Crippen LogP contribution >= 0.6 is 0 Å². The number of para-hydroxylation sites is 1. The van der Waals surface area contributed by atoms with Crippen molar-refractivity contribution in [2.45, 2.75) is 6.92 Å². The van der Waals surface area contributed by atoms with E-state index in [9.17, 15) is 4.39 Å². The molecule has 0 amide bonds. The number of aromatic nitrogens is 2. The second-order valence-electron chi connectivity index (χ2n) is 6.64. The highest BCUT2D eigenvalue weighted by molar-refractivity contribution is 5.58. The highest BCUT2D eigenvalue weighted by Crippen LogP contribution is 2.21. The smallest absolute Gasteiger partial charge is 0.227 e. The summed E-state index contributed by atoms with van der Waals surface area (Å²) in [7, 11) is 0. The van der Waals surface area contributed by atoms with Crippen molar-refractivity contribution < 1.29 is 4.39 Å². The fraction of sp³-hybridized carbons (Fsp3) is 0.238. The van der Waals surface area contributed by atoms with Gasteiger partial charge in [-0.05, 0) is 43.3 Å². The number of anilines is 4. The Balaban J connectivity index is 1.46. The van der Waals surface area contributed by atoms with Gasteiger partial charge in [-0.25, -0.2) is 9.37 Å². The van der Waals surface area contributed by atoms with Gasteiger partial charge >= 0.3 is 0 Å². The first kappa shape index (κ1) is 17.3. The van der Waals surface area contributed by atoms with Crippen LogP contribution in [0.2, 0.25) is 0 Å². The van der Waals surface area contributed by atoms with E-state index < -0.39 is 0 Å². The Hall–Kier alpha value is -3.15. The maximum Gasteiger partial charge on any atom is 0.227 e. The molecule has 1 saturated heterocycles. The van der Waals surface area contributed by atoms with Gasteiger partial charge in [-0.1, -0.05) is 18.2 Å². The molecular weight excluding hydrogens is 341 g/mol. The Bertz CT molecular complexity index is 890. The van der Waals surface area contributed by atoms with Crippen LogP contribution in [0, 0.1) is 12.7 Å². The number of hydrogen-bond acceptors (Lipinski definition) is 5. The number of nitrogens with one attached hydrogen (secondary N) is 1. The van der Waals surface area contributed by atoms with Crippen LogP contribution < -0.4 is 15.1 Å². The molecule has 1 aliphatic heterocycles. The number of rotatable bonds is 4. The number of nitrogens with zero attached hydrogens (tertiary/aromatic N) is 4. The average molecular weight is 363 g/mol. The van der Waals surface area contributed by atoms with E-state index in [0.717, 1.165) is 49.3 Å². The number of aryl methyl sites for hydroxylation is 1. The largest absolute Gasteiger partial charge is 0.368 e. The summed E-state index contributed by atoms with van der Waals surface area (Å²) in [5.74, 6) is 1.19. The molecule has 0 aliphatic carbocycles. The standard InChI is InChI=1S/C21H22FN5/c1-16-15-20(24-18-9-7-17(22)8-10-18)25-21(23-16)27-13-11-26(12-14-27)19-5-3-2-4-6-19/h2-10,15H,11-14H2,1H3,(H,23,24,25). The summed E-state index contributed by atoms with van der Waals surface area (Å²) < 4.78 is 13.1. The minimum Gasteiger partial charge on any atom is -0.368 e. The normalized spacial score (nSPS) is 14.3. The van der Waals surface area contributed by atoms with Gasteiger partial charge in [-0.3, -0.25) is 0 Å². The molecule has 0 atom stereocenters. The second kappa shape index (κ2) is 7.61. The summed E-state index contributed by atoms with van der Waals surface area (Å²) in [5.41, 5.74) is 2.95. The molecule has 2 heterocycles. The van der Waals surface area contributed by atoms with Crippen LogP contribution in [-0.4, -0.2) is 36.1 Å². The molecule has 6 heteroatoms. The lowest BCUT2D eigenvalue weighted by Gasteiger charge is -2.36. The van der Waals surface area contributed by atoms with Crippen LogP contribution in [0.25, 0.3) is 0 Å². The van der Waals surface area contributed by atoms with Crippen LogP contribution in [0.15, 0.2) is 60.7 Å². The van der Waals surface area contributed by atoms with Crippen molar-refractivity contribution in [2.24, 2.45) is 0 Å². The van der Waals surface area contributed by atoms with Gasteiger partial charge in [0.2, 0.25) is 5.95 Å². The summed E-state index contributed by atoms with van der Waals surface area (Å²) in [6.07, 6.45) is 0. The molecule has 0 spiro atoms. The highest BCUT2D eigenvalue weighted by Gasteiger charge is 2.20. The van der Waals surface area contributed by atoms with Crippen LogP contribution in [0.5, 0.6) is 0 Å². The summed E-state index contributed by atoms with van der Waals surface area (Å²) in [6, 6.07) is 18.6. The molecule has 1 aliphatic rings. The zero-order chi connectivity index (χ0) is 18.6. The lowest BCUT2D eigenvalue weighted by Crippen LogP contribution is -2.47. The van der Waals surface area contributed by atoms with Gasteiger partial charge in [0, 0.05) is 49.3 Å². The van der Waals surface area contributed by atoms with E-state index in [0.29, 0.717) is 0 Å². The van der Waals surface area contributed by atoms with E-state index in [-0.39, 0.29) is 5.82 Å². The molecule has 1 aromatic heterocycles. The van der Waals surface area contributed by atoms with Crippen LogP contribution in [0.3, 0.4) is 0 Å². The van der Waals surface area contributed by atoms with Crippen LogP contribution in [0.4, 0.5) is 27.5 Å². The Morgan fingerprint density at radius 2 is 1.52 bits per heavy atom. The van der Waals surface area contributed by atoms with Gasteiger partial charge in [-0.15, -0.1) is 0 Å². The summed E-state index contributed by atoms with van der Waals surface area (Å²) in [4.78, 5) is 13.9. The molecule has 0 saturated carbocycles. The molecule has 1 fully saturated rings. The monoisotopic (exact) mass is 363 g/mol. The van der Waals surface area contributed by atoms with Crippen molar-refractivity contribution in [3.63, 3.8) is 0 Å². The molecule has 0 radical (unpaired) electrons. The molecule has 3 aromatic rings. The maximum atomic E-state index is 13.1. The Morgan fingerprint density at radius 3 is 2.22 bits per heavy atom. The molecule has 2 aromatic carbocycles. The third-order valence-electron chi connectivity index (χ3n) is 4.64. The zero-order valence-corrected chi connectivity index (χ0v) is 15.3. The van der Waals surface area contributed by atoms with Gasteiger partial charge in [-0.2, -0.15) is 4.98 Å². The molecular formula is C21H22FN5. The van der Waals surface area contributed by atoms with E-state index in [1.54, 1.807) is 12.1 Å². The minimum atomic E-state index is -0.253. The van der Waals surface area contributed by atoms with E-state index in [4.69, 9.17) is 0 Å². The molecule has 0 bridgehead atoms. The summed E-state index contributed by atoms with van der Waals surface area (Å²) in [6.45, 7) is 5.56. The van der Waals surface area contributed by atoms with Crippen molar-refractivity contribution >= 4 is 23.1 Å². The third-order valence-corrected chi connectivity index (χ3v) is 4.64. The van der Waals surface area contributed by atoms with Gasteiger partial charge < -0.3 is 15.1 Å². The Morgan fingerprint density at radius 1 is 0.852 bits per heavy atom. The second-order valence-corrected chi connectivity index (χ2v) is 6.64. The first-order valence-electron chi connectivity index (χ1n) is 9.10. The van der Waals surface area contributed by atoms with Gasteiger partial charge in [0.1, 0.15) is 11.6 Å². The average Bonchev–Trinajstić information content (AvgIpc) is 2.70. The van der Waals surface area contributed by atoms with Crippen molar-refractivity contribution in [3.8, 4) is 0 Å². The Labute approximate surface area is 158 Å². The number of halogens is 1. The molecule has 0 unspecified atom stereocenters. The molecule has 138 valence electrons. The van der Waals surface area contributed by atoms with Gasteiger partial charge in [0.25, 0.3) is 0 Å². The number of hydrogen-bond donors (Lipinski definition) is 1. The SMILES string of the molecule is Cc1cc(Nc2ccc(F)cc2)nc(N2CCN(c3ccccc3)CC2)n1. The van der Waals surface area contributed by atoms with E-state index in [1.807, 2.05) is 19.1 Å². The van der Waals surface area contributed by atoms with Crippen molar-refractivity contribution in [2.75, 3.05) is 41.3 Å². The molecule has 5 nitrogen and oxygen atoms in total. The fourth-order valence-electron chi connectivity index (χ4n) is 3.24. The van der Waals surface area contributed by atoms with Crippen LogP contribution in [0.1, 0.15) is 5.69 Å². The topological polar surface area (TPSA) is 44.3 Å². The van der Waals surface area contributed by atoms with Crippen molar-refractivity contribution in [3.05, 3.63) is 72.2 Å². The summed E-state index contributed by atoms with van der Waals surface area (Å²) >= 11 is 0. The van der Waals surface area contributed by atoms with Crippen molar-refractivity contribution in [1.82, 2.24) is 9.97 Å². The zero-order valence-electron chi connectivity index (χ0n) is 15.3. The quantitative estimate of drug-likeness (QED) is 0.759. The van der Waals surface area contributed by atoms with Gasteiger partial charge in [0.05, 0.1) is 0 Å². The third kappa shape index (κ3) is 4.16. The number of piperazine rings is 1. The molecule has 1 N–H and O–H groups in total.